The molecule has 0 bridgehead atoms. The Morgan fingerprint density at radius 1 is 1.03 bits per heavy atom. The van der Waals surface area contributed by atoms with Gasteiger partial charge in [0.2, 0.25) is 0 Å². The SMILES string of the molecule is CCc1ccc2nc(N(CCN(CC)CC)C(=O)c3cc4ccccc4oc3=O)sc2c1.Cl. The lowest BCUT2D eigenvalue weighted by Gasteiger charge is -2.24. The van der Waals surface area contributed by atoms with E-state index in [9.17, 15) is 9.59 Å². The molecule has 0 aliphatic rings. The van der Waals surface area contributed by atoms with Crippen LogP contribution in [-0.4, -0.2) is 42.0 Å². The average Bonchev–Trinajstić information content (AvgIpc) is 3.24. The van der Waals surface area contributed by atoms with Crippen LogP contribution in [0.5, 0.6) is 0 Å². The first kappa shape index (κ1) is 24.9. The van der Waals surface area contributed by atoms with Gasteiger partial charge in [0.05, 0.1) is 10.2 Å². The number of carbonyl (C=O) groups is 1. The van der Waals surface area contributed by atoms with Crippen LogP contribution in [0, 0.1) is 0 Å². The highest BCUT2D eigenvalue weighted by Gasteiger charge is 2.25. The fourth-order valence-electron chi connectivity index (χ4n) is 3.71. The predicted octanol–water partition coefficient (Wildman–Crippen LogP) is 5.38. The average molecular weight is 486 g/mol. The van der Waals surface area contributed by atoms with Gasteiger partial charge < -0.3 is 9.32 Å². The van der Waals surface area contributed by atoms with E-state index in [2.05, 4.69) is 37.8 Å². The molecule has 0 unspecified atom stereocenters. The summed E-state index contributed by atoms with van der Waals surface area (Å²) in [5.74, 6) is -0.383. The minimum atomic E-state index is -0.629. The van der Waals surface area contributed by atoms with Crippen molar-refractivity contribution in [2.75, 3.05) is 31.1 Å². The molecule has 0 aliphatic carbocycles. The van der Waals surface area contributed by atoms with Gasteiger partial charge in [0.25, 0.3) is 5.91 Å². The van der Waals surface area contributed by atoms with Crippen LogP contribution in [0.2, 0.25) is 0 Å². The van der Waals surface area contributed by atoms with Crippen molar-refractivity contribution in [1.82, 2.24) is 9.88 Å². The smallest absolute Gasteiger partial charge is 0.349 e. The summed E-state index contributed by atoms with van der Waals surface area (Å²) in [5.41, 5.74) is 1.95. The fraction of sp³-hybridized carbons (Fsp3) is 0.320. The maximum Gasteiger partial charge on any atom is 0.349 e. The summed E-state index contributed by atoms with van der Waals surface area (Å²) < 4.78 is 6.46. The van der Waals surface area contributed by atoms with Gasteiger partial charge in [0, 0.05) is 18.5 Å². The molecule has 0 N–H and O–H groups in total. The van der Waals surface area contributed by atoms with Gasteiger partial charge in [-0.1, -0.05) is 56.4 Å². The normalized spacial score (nSPS) is 11.2. The number of halogens is 1. The molecule has 2 heterocycles. The second kappa shape index (κ2) is 10.9. The van der Waals surface area contributed by atoms with Crippen LogP contribution in [0.1, 0.15) is 36.7 Å². The van der Waals surface area contributed by atoms with Crippen LogP contribution in [0.4, 0.5) is 5.13 Å². The Labute approximate surface area is 203 Å². The highest BCUT2D eigenvalue weighted by Crippen LogP contribution is 2.30. The van der Waals surface area contributed by atoms with Crippen molar-refractivity contribution >= 4 is 56.0 Å². The maximum absolute atomic E-state index is 13.6. The molecule has 174 valence electrons. The van der Waals surface area contributed by atoms with E-state index in [1.54, 1.807) is 23.1 Å². The number of rotatable bonds is 8. The lowest BCUT2D eigenvalue weighted by atomic mass is 10.1. The summed E-state index contributed by atoms with van der Waals surface area (Å²) in [6.07, 6.45) is 0.936. The van der Waals surface area contributed by atoms with Gasteiger partial charge in [-0.15, -0.1) is 12.4 Å². The van der Waals surface area contributed by atoms with Crippen molar-refractivity contribution in [3.63, 3.8) is 0 Å². The molecular weight excluding hydrogens is 458 g/mol. The molecule has 0 fully saturated rings. The molecule has 0 atom stereocenters. The van der Waals surface area contributed by atoms with Crippen molar-refractivity contribution in [2.45, 2.75) is 27.2 Å². The number of hydrogen-bond donors (Lipinski definition) is 0. The largest absolute Gasteiger partial charge is 0.422 e. The number of amides is 1. The fourth-order valence-corrected chi connectivity index (χ4v) is 4.77. The van der Waals surface area contributed by atoms with Gasteiger partial charge >= 0.3 is 5.63 Å². The van der Waals surface area contributed by atoms with Gasteiger partial charge in [-0.25, -0.2) is 9.78 Å². The Balaban J connectivity index is 0.00000306. The first-order valence-electron chi connectivity index (χ1n) is 11.0. The Hall–Kier alpha value is -2.74. The summed E-state index contributed by atoms with van der Waals surface area (Å²) in [6, 6.07) is 15.0. The number of fused-ring (bicyclic) bond motifs is 2. The molecule has 6 nitrogen and oxygen atoms in total. The zero-order chi connectivity index (χ0) is 22.7. The summed E-state index contributed by atoms with van der Waals surface area (Å²) in [6.45, 7) is 9.20. The maximum atomic E-state index is 13.6. The van der Waals surface area contributed by atoms with E-state index in [4.69, 9.17) is 9.40 Å². The minimum Gasteiger partial charge on any atom is -0.422 e. The Morgan fingerprint density at radius 2 is 1.79 bits per heavy atom. The van der Waals surface area contributed by atoms with Crippen LogP contribution in [0.3, 0.4) is 0 Å². The molecule has 0 saturated carbocycles. The third-order valence-electron chi connectivity index (χ3n) is 5.73. The Morgan fingerprint density at radius 3 is 2.52 bits per heavy atom. The summed E-state index contributed by atoms with van der Waals surface area (Å²) in [4.78, 5) is 34.9. The molecular formula is C25H28ClN3O3S. The van der Waals surface area contributed by atoms with E-state index in [0.717, 1.165) is 35.1 Å². The standard InChI is InChI=1S/C25H27N3O3S.ClH/c1-4-17-11-12-20-22(15-17)32-25(26-20)28(14-13-27(5-2)6-3)23(29)19-16-18-9-7-8-10-21(18)31-24(19)30;/h7-12,15-16H,4-6,13-14H2,1-3H3;1H. The van der Waals surface area contributed by atoms with Gasteiger partial charge in [-0.05, 0) is 49.3 Å². The van der Waals surface area contributed by atoms with E-state index in [-0.39, 0.29) is 23.9 Å². The zero-order valence-corrected chi connectivity index (χ0v) is 20.7. The van der Waals surface area contributed by atoms with E-state index >= 15 is 0 Å². The quantitative estimate of drug-likeness (QED) is 0.314. The highest BCUT2D eigenvalue weighted by molar-refractivity contribution is 7.22. The molecule has 0 saturated heterocycles. The number of nitrogens with zero attached hydrogens (tertiary/aromatic N) is 3. The van der Waals surface area contributed by atoms with Gasteiger partial charge in [-0.3, -0.25) is 9.69 Å². The molecule has 4 aromatic rings. The molecule has 2 aromatic carbocycles. The van der Waals surface area contributed by atoms with Crippen molar-refractivity contribution < 1.29 is 9.21 Å². The second-order valence-electron chi connectivity index (χ2n) is 7.62. The number of aromatic nitrogens is 1. The van der Waals surface area contributed by atoms with E-state index in [1.165, 1.54) is 16.9 Å². The summed E-state index contributed by atoms with van der Waals surface area (Å²) in [7, 11) is 0. The lowest BCUT2D eigenvalue weighted by Crippen LogP contribution is -2.40. The van der Waals surface area contributed by atoms with Gasteiger partial charge in [0.1, 0.15) is 11.1 Å². The van der Waals surface area contributed by atoms with Crippen molar-refractivity contribution in [3.05, 3.63) is 70.1 Å². The first-order chi connectivity index (χ1) is 15.5. The lowest BCUT2D eigenvalue weighted by molar-refractivity contribution is 0.0980. The number of aryl methyl sites for hydroxylation is 1. The number of anilines is 1. The first-order valence-corrected chi connectivity index (χ1v) is 11.8. The number of thiazole rings is 1. The monoisotopic (exact) mass is 485 g/mol. The number of likely N-dealkylation sites (N-methyl/N-ethyl adjacent to an activating group) is 1. The number of carbonyl (C=O) groups excluding carboxylic acids is 1. The number of para-hydroxylation sites is 1. The molecule has 33 heavy (non-hydrogen) atoms. The molecule has 0 radical (unpaired) electrons. The molecule has 0 spiro atoms. The number of benzene rings is 2. The molecule has 4 rings (SSSR count). The van der Waals surface area contributed by atoms with Gasteiger partial charge in [0.15, 0.2) is 5.13 Å². The number of hydrogen-bond acceptors (Lipinski definition) is 6. The molecule has 1 amide bonds. The van der Waals surface area contributed by atoms with Crippen LogP contribution in [0.15, 0.2) is 57.7 Å². The van der Waals surface area contributed by atoms with Gasteiger partial charge in [-0.2, -0.15) is 0 Å². The Bertz CT molecular complexity index is 1310. The summed E-state index contributed by atoms with van der Waals surface area (Å²) >= 11 is 1.48. The van der Waals surface area contributed by atoms with E-state index < -0.39 is 5.63 Å². The van der Waals surface area contributed by atoms with Crippen LogP contribution < -0.4 is 10.5 Å². The van der Waals surface area contributed by atoms with Crippen molar-refractivity contribution in [2.24, 2.45) is 0 Å². The van der Waals surface area contributed by atoms with E-state index in [0.29, 0.717) is 23.8 Å². The van der Waals surface area contributed by atoms with E-state index in [1.807, 2.05) is 18.2 Å². The minimum absolute atomic E-state index is 0. The Kier molecular flexibility index (Phi) is 8.24. The summed E-state index contributed by atoms with van der Waals surface area (Å²) in [5, 5.41) is 1.31. The van der Waals surface area contributed by atoms with Crippen LogP contribution >= 0.6 is 23.7 Å². The zero-order valence-electron chi connectivity index (χ0n) is 19.0. The molecule has 2 aromatic heterocycles. The van der Waals surface area contributed by atoms with Crippen molar-refractivity contribution in [3.8, 4) is 0 Å². The molecule has 8 heteroatoms. The highest BCUT2D eigenvalue weighted by atomic mass is 35.5. The molecule has 0 aliphatic heterocycles. The third kappa shape index (κ3) is 5.27. The van der Waals surface area contributed by atoms with Crippen molar-refractivity contribution in [1.29, 1.82) is 0 Å². The van der Waals surface area contributed by atoms with Crippen LogP contribution in [0.25, 0.3) is 21.2 Å². The predicted molar refractivity (Wildman–Crippen MR) is 138 cm³/mol. The topological polar surface area (TPSA) is 66.7 Å². The second-order valence-corrected chi connectivity index (χ2v) is 8.63. The third-order valence-corrected chi connectivity index (χ3v) is 6.77. The van der Waals surface area contributed by atoms with Crippen LogP contribution in [-0.2, 0) is 6.42 Å².